The number of anilines is 2. The van der Waals surface area contributed by atoms with Gasteiger partial charge < -0.3 is 15.0 Å². The fraction of sp³-hybridized carbons (Fsp3) is 0.360. The third-order valence-electron chi connectivity index (χ3n) is 5.76. The highest BCUT2D eigenvalue weighted by atomic mass is 16.5. The smallest absolute Gasteiger partial charge is 0.0991 e. The molecular weight excluding hydrogens is 372 g/mol. The van der Waals surface area contributed by atoms with Gasteiger partial charge in [-0.3, -0.25) is 4.98 Å². The highest BCUT2D eigenvalue weighted by Gasteiger charge is 2.24. The van der Waals surface area contributed by atoms with Crippen molar-refractivity contribution < 1.29 is 4.74 Å². The van der Waals surface area contributed by atoms with Gasteiger partial charge in [0, 0.05) is 48.7 Å². The zero-order valence-corrected chi connectivity index (χ0v) is 17.9. The zero-order chi connectivity index (χ0) is 21.1. The monoisotopic (exact) mass is 400 g/mol. The van der Waals surface area contributed by atoms with Crippen molar-refractivity contribution in [2.24, 2.45) is 0 Å². The van der Waals surface area contributed by atoms with E-state index in [0.717, 1.165) is 49.6 Å². The van der Waals surface area contributed by atoms with E-state index in [-0.39, 0.29) is 0 Å². The molecule has 3 aromatic rings. The Kier molecular flexibility index (Phi) is 5.87. The molecule has 0 saturated carbocycles. The largest absolute Gasteiger partial charge is 0.381 e. The molecule has 1 aromatic heterocycles. The van der Waals surface area contributed by atoms with Crippen LogP contribution in [-0.2, 0) is 11.3 Å². The summed E-state index contributed by atoms with van der Waals surface area (Å²) < 4.78 is 5.84. The molecular formula is C25H28N4O. The first-order valence-electron chi connectivity index (χ1n) is 10.6. The molecule has 1 aliphatic rings. The van der Waals surface area contributed by atoms with Crippen LogP contribution < -0.4 is 10.2 Å². The van der Waals surface area contributed by atoms with Crippen molar-refractivity contribution in [2.45, 2.75) is 39.8 Å². The summed E-state index contributed by atoms with van der Waals surface area (Å²) in [7, 11) is 0. The van der Waals surface area contributed by atoms with Crippen molar-refractivity contribution in [1.29, 1.82) is 5.26 Å². The van der Waals surface area contributed by atoms with Crippen LogP contribution in [0.4, 0.5) is 11.4 Å². The predicted octanol–water partition coefficient (Wildman–Crippen LogP) is 4.95. The van der Waals surface area contributed by atoms with Crippen LogP contribution in [0.2, 0.25) is 0 Å². The molecule has 0 aliphatic carbocycles. The maximum absolute atomic E-state index is 8.95. The maximum Gasteiger partial charge on any atom is 0.0991 e. The van der Waals surface area contributed by atoms with Crippen LogP contribution in [-0.4, -0.2) is 30.8 Å². The number of hydrogen-bond acceptors (Lipinski definition) is 5. The topological polar surface area (TPSA) is 61.2 Å². The van der Waals surface area contributed by atoms with Crippen LogP contribution in [0.1, 0.15) is 35.7 Å². The number of rotatable bonds is 6. The van der Waals surface area contributed by atoms with E-state index in [1.807, 2.05) is 24.3 Å². The quantitative estimate of drug-likeness (QED) is 0.634. The molecule has 2 aromatic carbocycles. The molecule has 0 radical (unpaired) electrons. The number of nitrogens with zero attached hydrogens (tertiary/aromatic N) is 3. The molecule has 0 spiro atoms. The van der Waals surface area contributed by atoms with E-state index in [1.165, 1.54) is 22.2 Å². The van der Waals surface area contributed by atoms with Crippen LogP contribution in [0, 0.1) is 25.2 Å². The number of aromatic nitrogens is 1. The number of hydrogen-bond donors (Lipinski definition) is 1. The second kappa shape index (κ2) is 8.73. The van der Waals surface area contributed by atoms with Crippen molar-refractivity contribution in [3.63, 3.8) is 0 Å². The van der Waals surface area contributed by atoms with Gasteiger partial charge in [-0.15, -0.1) is 0 Å². The lowest BCUT2D eigenvalue weighted by Gasteiger charge is -2.22. The molecule has 1 aliphatic heterocycles. The average molecular weight is 401 g/mol. The fourth-order valence-electron chi connectivity index (χ4n) is 4.17. The second-order valence-corrected chi connectivity index (χ2v) is 7.93. The molecule has 4 rings (SSSR count). The molecule has 0 amide bonds. The first-order valence-corrected chi connectivity index (χ1v) is 10.6. The third kappa shape index (κ3) is 4.24. The standard InChI is InChI=1S/C25H28N4O/c1-4-30-22-9-10-29(16-22)25-12-18(3)28-24-13-20(17(2)11-23(24)25)15-27-21-7-5-19(14-26)6-8-21/h5-8,11-13,22,27H,4,9-10,15-16H2,1-3H3. The van der Waals surface area contributed by atoms with Crippen molar-refractivity contribution in [1.82, 2.24) is 4.98 Å². The summed E-state index contributed by atoms with van der Waals surface area (Å²) in [6.07, 6.45) is 1.39. The lowest BCUT2D eigenvalue weighted by Crippen LogP contribution is -2.23. The van der Waals surface area contributed by atoms with Crippen LogP contribution >= 0.6 is 0 Å². The van der Waals surface area contributed by atoms with Gasteiger partial charge in [0.05, 0.1) is 23.3 Å². The number of aryl methyl sites for hydroxylation is 2. The van der Waals surface area contributed by atoms with E-state index in [1.54, 1.807) is 0 Å². The molecule has 5 nitrogen and oxygen atoms in total. The first-order chi connectivity index (χ1) is 14.6. The third-order valence-corrected chi connectivity index (χ3v) is 5.76. The fourth-order valence-corrected chi connectivity index (χ4v) is 4.17. The van der Waals surface area contributed by atoms with Gasteiger partial charge in [0.2, 0.25) is 0 Å². The van der Waals surface area contributed by atoms with Crippen molar-refractivity contribution >= 4 is 22.3 Å². The SMILES string of the molecule is CCOC1CCN(c2cc(C)nc3cc(CNc4ccc(C#N)cc4)c(C)cc23)C1. The van der Waals surface area contributed by atoms with Crippen LogP contribution in [0.15, 0.2) is 42.5 Å². The Balaban J connectivity index is 1.59. The number of ether oxygens (including phenoxy) is 1. The minimum atomic E-state index is 0.315. The van der Waals surface area contributed by atoms with Gasteiger partial charge in [-0.05, 0) is 80.8 Å². The van der Waals surface area contributed by atoms with E-state index < -0.39 is 0 Å². The summed E-state index contributed by atoms with van der Waals surface area (Å²) in [5.41, 5.74) is 7.47. The van der Waals surface area contributed by atoms with Gasteiger partial charge in [-0.2, -0.15) is 5.26 Å². The minimum Gasteiger partial charge on any atom is -0.381 e. The lowest BCUT2D eigenvalue weighted by atomic mass is 10.0. The van der Waals surface area contributed by atoms with Crippen LogP contribution in [0.25, 0.3) is 10.9 Å². The van der Waals surface area contributed by atoms with Crippen molar-refractivity contribution in [3.8, 4) is 6.07 Å². The highest BCUT2D eigenvalue weighted by Crippen LogP contribution is 2.32. The molecule has 1 N–H and O–H groups in total. The number of nitrogens with one attached hydrogen (secondary N) is 1. The number of nitriles is 1. The van der Waals surface area contributed by atoms with E-state index in [9.17, 15) is 0 Å². The van der Waals surface area contributed by atoms with Crippen LogP contribution in [0.3, 0.4) is 0 Å². The highest BCUT2D eigenvalue weighted by molar-refractivity contribution is 5.93. The van der Waals surface area contributed by atoms with E-state index in [2.05, 4.69) is 55.3 Å². The molecule has 1 saturated heterocycles. The Hall–Kier alpha value is -3.10. The lowest BCUT2D eigenvalue weighted by molar-refractivity contribution is 0.0788. The van der Waals surface area contributed by atoms with Gasteiger partial charge in [0.25, 0.3) is 0 Å². The van der Waals surface area contributed by atoms with Gasteiger partial charge in [-0.25, -0.2) is 0 Å². The Morgan fingerprint density at radius 2 is 2.00 bits per heavy atom. The molecule has 1 atom stereocenters. The van der Waals surface area contributed by atoms with Gasteiger partial charge in [0.1, 0.15) is 0 Å². The number of benzene rings is 2. The second-order valence-electron chi connectivity index (χ2n) is 7.93. The summed E-state index contributed by atoms with van der Waals surface area (Å²) in [5, 5.41) is 13.6. The minimum absolute atomic E-state index is 0.315. The number of pyridine rings is 1. The summed E-state index contributed by atoms with van der Waals surface area (Å²) in [5.74, 6) is 0. The Bertz CT molecular complexity index is 1080. The molecule has 30 heavy (non-hydrogen) atoms. The summed E-state index contributed by atoms with van der Waals surface area (Å²) in [6, 6.07) is 16.4. The Morgan fingerprint density at radius 3 is 2.73 bits per heavy atom. The Morgan fingerprint density at radius 1 is 1.20 bits per heavy atom. The Labute approximate surface area is 178 Å². The van der Waals surface area contributed by atoms with E-state index in [4.69, 9.17) is 15.0 Å². The van der Waals surface area contributed by atoms with Gasteiger partial charge in [-0.1, -0.05) is 0 Å². The molecule has 1 unspecified atom stereocenters. The summed E-state index contributed by atoms with van der Waals surface area (Å²) >= 11 is 0. The molecule has 0 bridgehead atoms. The maximum atomic E-state index is 8.95. The van der Waals surface area contributed by atoms with Gasteiger partial charge in [0.15, 0.2) is 0 Å². The zero-order valence-electron chi connectivity index (χ0n) is 17.9. The van der Waals surface area contributed by atoms with Crippen LogP contribution in [0.5, 0.6) is 0 Å². The number of fused-ring (bicyclic) bond motifs is 1. The van der Waals surface area contributed by atoms with Gasteiger partial charge >= 0.3 is 0 Å². The molecule has 2 heterocycles. The molecule has 1 fully saturated rings. The molecule has 5 heteroatoms. The van der Waals surface area contributed by atoms with E-state index >= 15 is 0 Å². The normalized spacial score (nSPS) is 16.1. The molecule has 154 valence electrons. The van der Waals surface area contributed by atoms with Crippen molar-refractivity contribution in [2.75, 3.05) is 29.9 Å². The van der Waals surface area contributed by atoms with Crippen molar-refractivity contribution in [3.05, 3.63) is 64.8 Å². The van der Waals surface area contributed by atoms with E-state index in [0.29, 0.717) is 11.7 Å². The summed E-state index contributed by atoms with van der Waals surface area (Å²) in [4.78, 5) is 7.26. The average Bonchev–Trinajstić information content (AvgIpc) is 3.21. The predicted molar refractivity (Wildman–Crippen MR) is 122 cm³/mol. The summed E-state index contributed by atoms with van der Waals surface area (Å²) in [6.45, 7) is 9.72. The first kappa shape index (κ1) is 20.2.